The Kier molecular flexibility index (Phi) is 5.85. The Labute approximate surface area is 177 Å². The van der Waals surface area contributed by atoms with Crippen molar-refractivity contribution in [3.8, 4) is 0 Å². The zero-order valence-corrected chi connectivity index (χ0v) is 18.3. The molecule has 0 bridgehead atoms. The van der Waals surface area contributed by atoms with E-state index in [4.69, 9.17) is 17.3 Å². The molecule has 156 valence electrons. The van der Waals surface area contributed by atoms with E-state index in [-0.39, 0.29) is 5.91 Å². The Morgan fingerprint density at radius 1 is 1.17 bits per heavy atom. The highest BCUT2D eigenvalue weighted by Gasteiger charge is 2.29. The lowest BCUT2D eigenvalue weighted by Crippen LogP contribution is -2.49. The van der Waals surface area contributed by atoms with Gasteiger partial charge in [-0.1, -0.05) is 12.1 Å². The molecule has 7 nitrogen and oxygen atoms in total. The minimum absolute atomic E-state index is 0.0492. The summed E-state index contributed by atoms with van der Waals surface area (Å²) in [7, 11) is 2.02. The van der Waals surface area contributed by atoms with Crippen LogP contribution < -0.4 is 5.32 Å². The third-order valence-electron chi connectivity index (χ3n) is 6.06. The molecule has 4 rings (SSSR count). The van der Waals surface area contributed by atoms with Gasteiger partial charge in [0.2, 0.25) is 5.91 Å². The van der Waals surface area contributed by atoms with E-state index in [1.165, 1.54) is 18.4 Å². The first-order valence-corrected chi connectivity index (χ1v) is 10.8. The molecule has 2 aliphatic rings. The monoisotopic (exact) mass is 414 g/mol. The maximum atomic E-state index is 12.5. The Bertz CT molecular complexity index is 953. The van der Waals surface area contributed by atoms with Crippen molar-refractivity contribution in [2.45, 2.75) is 39.3 Å². The van der Waals surface area contributed by atoms with Crippen molar-refractivity contribution in [2.75, 3.05) is 38.0 Å². The number of carbonyl (C=O) groups excluding carboxylic acids is 1. The van der Waals surface area contributed by atoms with Gasteiger partial charge in [0.15, 0.2) is 4.77 Å². The van der Waals surface area contributed by atoms with Crippen LogP contribution in [0.4, 0.5) is 5.69 Å². The van der Waals surface area contributed by atoms with Gasteiger partial charge in [-0.05, 0) is 56.1 Å². The third-order valence-corrected chi connectivity index (χ3v) is 6.55. The number of rotatable bonds is 6. The second kappa shape index (κ2) is 8.38. The molecule has 0 radical (unpaired) electrons. The zero-order chi connectivity index (χ0) is 20.5. The highest BCUT2D eigenvalue weighted by atomic mass is 32.1. The Balaban J connectivity index is 1.27. The number of piperazine rings is 1. The lowest BCUT2D eigenvalue weighted by atomic mass is 10.1. The SMILES string of the molecule is Cc1cccc(NC(=O)CN2CCN(Cn3nc(C4CC4)n(C)c3=S)CC2)c1C. The fraction of sp³-hybridized carbons (Fsp3) is 0.571. The van der Waals surface area contributed by atoms with Gasteiger partial charge in [0.05, 0.1) is 13.2 Å². The van der Waals surface area contributed by atoms with Gasteiger partial charge in [0.1, 0.15) is 5.82 Å². The van der Waals surface area contributed by atoms with Gasteiger partial charge >= 0.3 is 0 Å². The molecule has 29 heavy (non-hydrogen) atoms. The van der Waals surface area contributed by atoms with Crippen molar-refractivity contribution in [1.82, 2.24) is 24.1 Å². The predicted molar refractivity (Wildman–Crippen MR) is 117 cm³/mol. The van der Waals surface area contributed by atoms with Crippen molar-refractivity contribution < 1.29 is 4.79 Å². The first kappa shape index (κ1) is 20.3. The van der Waals surface area contributed by atoms with Crippen LogP contribution in [0.15, 0.2) is 18.2 Å². The average molecular weight is 415 g/mol. The van der Waals surface area contributed by atoms with Gasteiger partial charge in [-0.15, -0.1) is 0 Å². The van der Waals surface area contributed by atoms with E-state index in [0.29, 0.717) is 12.5 Å². The maximum Gasteiger partial charge on any atom is 0.238 e. The van der Waals surface area contributed by atoms with Crippen LogP contribution in [-0.4, -0.2) is 62.8 Å². The second-order valence-electron chi connectivity index (χ2n) is 8.30. The summed E-state index contributed by atoms with van der Waals surface area (Å²) in [6, 6.07) is 6.00. The largest absolute Gasteiger partial charge is 0.325 e. The molecule has 2 heterocycles. The van der Waals surface area contributed by atoms with Crippen molar-refractivity contribution in [3.63, 3.8) is 0 Å². The van der Waals surface area contributed by atoms with Crippen LogP contribution in [0.5, 0.6) is 0 Å². The van der Waals surface area contributed by atoms with E-state index < -0.39 is 0 Å². The Morgan fingerprint density at radius 3 is 2.55 bits per heavy atom. The van der Waals surface area contributed by atoms with Crippen LogP contribution in [0.25, 0.3) is 0 Å². The molecule has 1 saturated carbocycles. The van der Waals surface area contributed by atoms with Crippen molar-refractivity contribution in [3.05, 3.63) is 39.9 Å². The lowest BCUT2D eigenvalue weighted by molar-refractivity contribution is -0.117. The van der Waals surface area contributed by atoms with Gasteiger partial charge in [-0.25, -0.2) is 4.68 Å². The highest BCUT2D eigenvalue weighted by molar-refractivity contribution is 7.71. The summed E-state index contributed by atoms with van der Waals surface area (Å²) >= 11 is 5.56. The molecule has 2 aromatic rings. The van der Waals surface area contributed by atoms with Gasteiger partial charge in [0.25, 0.3) is 0 Å². The number of benzene rings is 1. The van der Waals surface area contributed by atoms with Crippen LogP contribution in [0.3, 0.4) is 0 Å². The maximum absolute atomic E-state index is 12.5. The van der Waals surface area contributed by atoms with Crippen molar-refractivity contribution in [2.24, 2.45) is 7.05 Å². The average Bonchev–Trinajstić information content (AvgIpc) is 3.50. The summed E-state index contributed by atoms with van der Waals surface area (Å²) in [5.41, 5.74) is 3.22. The highest BCUT2D eigenvalue weighted by Crippen LogP contribution is 2.38. The quantitative estimate of drug-likeness (QED) is 0.737. The molecule has 0 atom stereocenters. The minimum atomic E-state index is 0.0492. The summed E-state index contributed by atoms with van der Waals surface area (Å²) < 4.78 is 4.80. The number of hydrogen-bond acceptors (Lipinski definition) is 5. The van der Waals surface area contributed by atoms with E-state index >= 15 is 0 Å². The number of hydrogen-bond donors (Lipinski definition) is 1. The number of carbonyl (C=O) groups is 1. The first-order chi connectivity index (χ1) is 13.9. The number of amides is 1. The van der Waals surface area contributed by atoms with Crippen LogP contribution in [0.1, 0.15) is 35.7 Å². The molecular formula is C21H30N6OS. The van der Waals surface area contributed by atoms with E-state index in [1.807, 2.05) is 30.8 Å². The normalized spacial score (nSPS) is 18.2. The lowest BCUT2D eigenvalue weighted by Gasteiger charge is -2.34. The molecule has 1 aliphatic heterocycles. The molecular weight excluding hydrogens is 384 g/mol. The summed E-state index contributed by atoms with van der Waals surface area (Å²) in [4.78, 5) is 17.0. The molecule has 2 fully saturated rings. The fourth-order valence-electron chi connectivity index (χ4n) is 3.85. The molecule has 0 spiro atoms. The molecule has 8 heteroatoms. The predicted octanol–water partition coefficient (Wildman–Crippen LogP) is 2.66. The number of aryl methyl sites for hydroxylation is 1. The van der Waals surface area contributed by atoms with Crippen LogP contribution >= 0.6 is 12.2 Å². The molecule has 1 aromatic heterocycles. The van der Waals surface area contributed by atoms with Crippen LogP contribution in [-0.2, 0) is 18.5 Å². The third kappa shape index (κ3) is 4.60. The molecule has 1 aliphatic carbocycles. The molecule has 1 saturated heterocycles. The van der Waals surface area contributed by atoms with Crippen molar-refractivity contribution >= 4 is 23.8 Å². The van der Waals surface area contributed by atoms with Gasteiger partial charge in [0, 0.05) is 44.8 Å². The molecule has 1 N–H and O–H groups in total. The van der Waals surface area contributed by atoms with Crippen molar-refractivity contribution in [1.29, 1.82) is 0 Å². The Hall–Kier alpha value is -2.03. The van der Waals surface area contributed by atoms with E-state index in [1.54, 1.807) is 0 Å². The van der Waals surface area contributed by atoms with E-state index in [0.717, 1.165) is 54.7 Å². The second-order valence-corrected chi connectivity index (χ2v) is 8.67. The van der Waals surface area contributed by atoms with Crippen LogP contribution in [0.2, 0.25) is 0 Å². The van der Waals surface area contributed by atoms with E-state index in [2.05, 4.69) is 32.7 Å². The Morgan fingerprint density at radius 2 is 1.86 bits per heavy atom. The first-order valence-electron chi connectivity index (χ1n) is 10.4. The summed E-state index contributed by atoms with van der Waals surface area (Å²) in [6.07, 6.45) is 2.45. The zero-order valence-electron chi connectivity index (χ0n) is 17.5. The van der Waals surface area contributed by atoms with Crippen LogP contribution in [0, 0.1) is 18.6 Å². The summed E-state index contributed by atoms with van der Waals surface area (Å²) in [5, 5.41) is 7.81. The number of aromatic nitrogens is 3. The smallest absolute Gasteiger partial charge is 0.238 e. The topological polar surface area (TPSA) is 58.3 Å². The van der Waals surface area contributed by atoms with E-state index in [9.17, 15) is 4.79 Å². The molecule has 0 unspecified atom stereocenters. The van der Waals surface area contributed by atoms with Gasteiger partial charge in [-0.2, -0.15) is 5.10 Å². The number of anilines is 1. The number of nitrogens with one attached hydrogen (secondary N) is 1. The molecule has 1 aromatic carbocycles. The summed E-state index contributed by atoms with van der Waals surface area (Å²) in [6.45, 7) is 8.82. The standard InChI is InChI=1S/C21H30N6OS/c1-15-5-4-6-18(16(15)2)22-19(28)13-25-9-11-26(12-10-25)14-27-21(29)24(3)20(23-27)17-7-8-17/h4-6,17H,7-14H2,1-3H3,(H,22,28). The van der Waals surface area contributed by atoms with Gasteiger partial charge < -0.3 is 9.88 Å². The number of nitrogens with zero attached hydrogens (tertiary/aromatic N) is 5. The fourth-order valence-corrected chi connectivity index (χ4v) is 4.04. The molecule has 1 amide bonds. The summed E-state index contributed by atoms with van der Waals surface area (Å²) in [5.74, 6) is 1.76. The van der Waals surface area contributed by atoms with Gasteiger partial charge in [-0.3, -0.25) is 14.6 Å². The minimum Gasteiger partial charge on any atom is -0.325 e.